The zero-order valence-electron chi connectivity index (χ0n) is 14.2. The molecule has 0 saturated carbocycles. The van der Waals surface area contributed by atoms with Crippen LogP contribution in [0.15, 0.2) is 48.5 Å². The maximum Gasteiger partial charge on any atom is 0.276 e. The summed E-state index contributed by atoms with van der Waals surface area (Å²) in [5.41, 5.74) is 2.38. The number of aromatic amines is 1. The van der Waals surface area contributed by atoms with Gasteiger partial charge in [0.05, 0.1) is 5.52 Å². The van der Waals surface area contributed by atoms with Crippen molar-refractivity contribution in [3.63, 3.8) is 0 Å². The molecule has 1 aromatic heterocycles. The lowest BCUT2D eigenvalue weighted by atomic mass is 10.1. The smallest absolute Gasteiger partial charge is 0.276 e. The van der Waals surface area contributed by atoms with Crippen molar-refractivity contribution >= 4 is 28.4 Å². The molecule has 128 valence electrons. The summed E-state index contributed by atoms with van der Waals surface area (Å²) in [6.45, 7) is 5.23. The number of fused-ring (bicyclic) bond motifs is 1. The number of benzene rings is 2. The van der Waals surface area contributed by atoms with Gasteiger partial charge in [-0.05, 0) is 44.2 Å². The molecule has 0 fully saturated rings. The normalized spacial score (nSPS) is 10.6. The van der Waals surface area contributed by atoms with Crippen LogP contribution in [-0.4, -0.2) is 40.0 Å². The third kappa shape index (κ3) is 3.38. The zero-order valence-corrected chi connectivity index (χ0v) is 14.2. The first-order valence-electron chi connectivity index (χ1n) is 8.27. The molecule has 0 bridgehead atoms. The van der Waals surface area contributed by atoms with Gasteiger partial charge in [0, 0.05) is 29.7 Å². The number of amides is 2. The van der Waals surface area contributed by atoms with Crippen LogP contribution in [0.2, 0.25) is 0 Å². The molecule has 3 aromatic rings. The summed E-state index contributed by atoms with van der Waals surface area (Å²) in [6, 6.07) is 14.4. The molecule has 2 N–H and O–H groups in total. The molecule has 0 aliphatic rings. The van der Waals surface area contributed by atoms with Gasteiger partial charge in [-0.1, -0.05) is 18.2 Å². The number of hydrogen-bond donors (Lipinski definition) is 2. The lowest BCUT2D eigenvalue weighted by Crippen LogP contribution is -2.30. The fourth-order valence-corrected chi connectivity index (χ4v) is 2.72. The number of rotatable bonds is 5. The second kappa shape index (κ2) is 7.17. The molecule has 2 amide bonds. The Kier molecular flexibility index (Phi) is 4.79. The number of H-pyrrole nitrogens is 1. The first-order chi connectivity index (χ1) is 12.1. The highest BCUT2D eigenvalue weighted by Crippen LogP contribution is 2.17. The minimum Gasteiger partial charge on any atom is -0.339 e. The Bertz CT molecular complexity index is 895. The molecule has 0 aliphatic carbocycles. The summed E-state index contributed by atoms with van der Waals surface area (Å²) >= 11 is 0. The number of hydrogen-bond acceptors (Lipinski definition) is 3. The molecule has 0 saturated heterocycles. The second-order valence-corrected chi connectivity index (χ2v) is 5.63. The molecule has 3 rings (SSSR count). The SMILES string of the molecule is CCN(CC)C(=O)c1ccc(NC(=O)c2n[nH]c3ccccc23)cc1. The van der Waals surface area contributed by atoms with Crippen molar-refractivity contribution < 1.29 is 9.59 Å². The van der Waals surface area contributed by atoms with Crippen LogP contribution < -0.4 is 5.32 Å². The van der Waals surface area contributed by atoms with Crippen molar-refractivity contribution in [1.29, 1.82) is 0 Å². The van der Waals surface area contributed by atoms with Gasteiger partial charge in [-0.25, -0.2) is 0 Å². The lowest BCUT2D eigenvalue weighted by molar-refractivity contribution is 0.0773. The van der Waals surface area contributed by atoms with Crippen molar-refractivity contribution in [2.45, 2.75) is 13.8 Å². The Labute approximate surface area is 145 Å². The van der Waals surface area contributed by atoms with Crippen molar-refractivity contribution in [2.24, 2.45) is 0 Å². The molecule has 0 unspecified atom stereocenters. The van der Waals surface area contributed by atoms with Crippen molar-refractivity contribution in [3.05, 3.63) is 59.8 Å². The van der Waals surface area contributed by atoms with E-state index in [1.165, 1.54) is 0 Å². The first kappa shape index (κ1) is 16.7. The third-order valence-electron chi connectivity index (χ3n) is 4.13. The summed E-state index contributed by atoms with van der Waals surface area (Å²) < 4.78 is 0. The monoisotopic (exact) mass is 336 g/mol. The molecule has 6 heteroatoms. The van der Waals surface area contributed by atoms with E-state index in [1.807, 2.05) is 38.1 Å². The van der Waals surface area contributed by atoms with Gasteiger partial charge in [-0.15, -0.1) is 0 Å². The summed E-state index contributed by atoms with van der Waals surface area (Å²) in [4.78, 5) is 26.5. The molecule has 0 spiro atoms. The Balaban J connectivity index is 1.75. The fourth-order valence-electron chi connectivity index (χ4n) is 2.72. The summed E-state index contributed by atoms with van der Waals surface area (Å²) in [5, 5.41) is 10.5. The van der Waals surface area contributed by atoms with Crippen LogP contribution in [0.4, 0.5) is 5.69 Å². The van der Waals surface area contributed by atoms with Gasteiger partial charge < -0.3 is 10.2 Å². The van der Waals surface area contributed by atoms with E-state index in [-0.39, 0.29) is 11.8 Å². The molecule has 0 aliphatic heterocycles. The number of aromatic nitrogens is 2. The third-order valence-corrected chi connectivity index (χ3v) is 4.13. The van der Waals surface area contributed by atoms with Gasteiger partial charge in [0.2, 0.25) is 0 Å². The summed E-state index contributed by atoms with van der Waals surface area (Å²) in [7, 11) is 0. The molecule has 1 heterocycles. The Hall–Kier alpha value is -3.15. The van der Waals surface area contributed by atoms with Gasteiger partial charge in [0.15, 0.2) is 5.69 Å². The van der Waals surface area contributed by atoms with Crippen molar-refractivity contribution in [2.75, 3.05) is 18.4 Å². The minimum absolute atomic E-state index is 0.0128. The molecule has 25 heavy (non-hydrogen) atoms. The average molecular weight is 336 g/mol. The highest BCUT2D eigenvalue weighted by Gasteiger charge is 2.15. The summed E-state index contributed by atoms with van der Waals surface area (Å²) in [6.07, 6.45) is 0. The number of nitrogens with zero attached hydrogens (tertiary/aromatic N) is 2. The first-order valence-corrected chi connectivity index (χ1v) is 8.27. The van der Waals surface area contributed by atoms with Gasteiger partial charge >= 0.3 is 0 Å². The number of carbonyl (C=O) groups excluding carboxylic acids is 2. The van der Waals surface area contributed by atoms with Crippen LogP contribution in [0.5, 0.6) is 0 Å². The van der Waals surface area contributed by atoms with Gasteiger partial charge in [-0.3, -0.25) is 14.7 Å². The van der Waals surface area contributed by atoms with E-state index < -0.39 is 0 Å². The average Bonchev–Trinajstić information content (AvgIpc) is 3.07. The second-order valence-electron chi connectivity index (χ2n) is 5.63. The maximum atomic E-state index is 12.4. The topological polar surface area (TPSA) is 78.1 Å². The molecular formula is C19H20N4O2. The van der Waals surface area contributed by atoms with Gasteiger partial charge in [0.1, 0.15) is 0 Å². The van der Waals surface area contributed by atoms with Crippen LogP contribution in [-0.2, 0) is 0 Å². The van der Waals surface area contributed by atoms with E-state index in [2.05, 4.69) is 15.5 Å². The van der Waals surface area contributed by atoms with Crippen LogP contribution in [0.1, 0.15) is 34.7 Å². The van der Waals surface area contributed by atoms with E-state index in [0.717, 1.165) is 10.9 Å². The molecular weight excluding hydrogens is 316 g/mol. The largest absolute Gasteiger partial charge is 0.339 e. The van der Waals surface area contributed by atoms with Crippen LogP contribution in [0, 0.1) is 0 Å². The standard InChI is InChI=1S/C19H20N4O2/c1-3-23(4-2)19(25)13-9-11-14(12-10-13)20-18(24)17-15-7-5-6-8-16(15)21-22-17/h5-12H,3-4H2,1-2H3,(H,20,24)(H,21,22). The van der Waals surface area contributed by atoms with Crippen molar-refractivity contribution in [3.8, 4) is 0 Å². The predicted molar refractivity (Wildman–Crippen MR) is 97.7 cm³/mol. The van der Waals surface area contributed by atoms with E-state index in [0.29, 0.717) is 30.0 Å². The number of para-hydroxylation sites is 1. The highest BCUT2D eigenvalue weighted by molar-refractivity contribution is 6.11. The van der Waals surface area contributed by atoms with Crippen LogP contribution in [0.25, 0.3) is 10.9 Å². The molecule has 0 radical (unpaired) electrons. The van der Waals surface area contributed by atoms with Crippen molar-refractivity contribution in [1.82, 2.24) is 15.1 Å². The van der Waals surface area contributed by atoms with Gasteiger partial charge in [-0.2, -0.15) is 5.10 Å². The Morgan fingerprint density at radius 1 is 1.04 bits per heavy atom. The molecule has 6 nitrogen and oxygen atoms in total. The number of anilines is 1. The van der Waals surface area contributed by atoms with Crippen LogP contribution >= 0.6 is 0 Å². The molecule has 0 atom stereocenters. The van der Waals surface area contributed by atoms with E-state index in [1.54, 1.807) is 29.2 Å². The van der Waals surface area contributed by atoms with E-state index >= 15 is 0 Å². The summed E-state index contributed by atoms with van der Waals surface area (Å²) in [5.74, 6) is -0.304. The number of carbonyl (C=O) groups is 2. The zero-order chi connectivity index (χ0) is 17.8. The quantitative estimate of drug-likeness (QED) is 0.750. The fraction of sp³-hybridized carbons (Fsp3) is 0.211. The highest BCUT2D eigenvalue weighted by atomic mass is 16.2. The van der Waals surface area contributed by atoms with E-state index in [4.69, 9.17) is 0 Å². The maximum absolute atomic E-state index is 12.4. The van der Waals surface area contributed by atoms with E-state index in [9.17, 15) is 9.59 Å². The Morgan fingerprint density at radius 2 is 1.72 bits per heavy atom. The van der Waals surface area contributed by atoms with Gasteiger partial charge in [0.25, 0.3) is 11.8 Å². The lowest BCUT2D eigenvalue weighted by Gasteiger charge is -2.18. The number of nitrogens with one attached hydrogen (secondary N) is 2. The minimum atomic E-state index is -0.291. The predicted octanol–water partition coefficient (Wildman–Crippen LogP) is 3.30. The van der Waals surface area contributed by atoms with Crippen LogP contribution in [0.3, 0.4) is 0 Å². The Morgan fingerprint density at radius 3 is 2.40 bits per heavy atom. The molecule has 2 aromatic carbocycles.